The highest BCUT2D eigenvalue weighted by Gasteiger charge is 2.17. The third-order valence-electron chi connectivity index (χ3n) is 3.16. The van der Waals surface area contributed by atoms with Crippen LogP contribution < -0.4 is 4.74 Å². The molecule has 0 spiro atoms. The lowest BCUT2D eigenvalue weighted by Crippen LogP contribution is -2.26. The van der Waals surface area contributed by atoms with Crippen LogP contribution in [0, 0.1) is 5.82 Å². The molecule has 0 aliphatic rings. The maximum atomic E-state index is 13.6. The van der Waals surface area contributed by atoms with Gasteiger partial charge >= 0.3 is 0 Å². The molecule has 0 aliphatic carbocycles. The van der Waals surface area contributed by atoms with Gasteiger partial charge in [-0.25, -0.2) is 4.39 Å². The number of nitrogens with zero attached hydrogens (tertiary/aromatic N) is 1. The van der Waals surface area contributed by atoms with E-state index in [1.165, 1.54) is 30.2 Å². The van der Waals surface area contributed by atoms with E-state index in [0.717, 1.165) is 0 Å². The number of methoxy groups -OCH3 is 1. The molecule has 0 N–H and O–H groups in total. The lowest BCUT2D eigenvalue weighted by molar-refractivity contribution is 0.0784. The number of carbonyl (C=O) groups excluding carboxylic acids is 1. The summed E-state index contributed by atoms with van der Waals surface area (Å²) in [5.41, 5.74) is 0.749. The molecule has 1 amide bonds. The molecule has 0 aliphatic heterocycles. The molecule has 22 heavy (non-hydrogen) atoms. The van der Waals surface area contributed by atoms with Gasteiger partial charge in [-0.2, -0.15) is 0 Å². The Bertz CT molecular complexity index is 683. The number of hydrogen-bond donors (Lipinski definition) is 0. The Labute approximate surface area is 138 Å². The van der Waals surface area contributed by atoms with Crippen LogP contribution in [-0.2, 0) is 6.54 Å². The minimum Gasteiger partial charge on any atom is -0.494 e. The minimum atomic E-state index is -0.354. The van der Waals surface area contributed by atoms with E-state index in [4.69, 9.17) is 27.9 Å². The summed E-state index contributed by atoms with van der Waals surface area (Å²) in [6.45, 7) is 0.146. The van der Waals surface area contributed by atoms with Crippen molar-refractivity contribution in [3.05, 3.63) is 63.4 Å². The molecular weight excluding hydrogens is 328 g/mol. The second-order valence-electron chi connectivity index (χ2n) is 4.73. The van der Waals surface area contributed by atoms with Crippen LogP contribution >= 0.6 is 23.2 Å². The summed E-state index contributed by atoms with van der Waals surface area (Å²) in [4.78, 5) is 13.8. The van der Waals surface area contributed by atoms with E-state index in [1.54, 1.807) is 25.2 Å². The van der Waals surface area contributed by atoms with E-state index < -0.39 is 0 Å². The van der Waals surface area contributed by atoms with Crippen molar-refractivity contribution in [1.82, 2.24) is 4.90 Å². The summed E-state index contributed by atoms with van der Waals surface area (Å²) >= 11 is 12.1. The fourth-order valence-corrected chi connectivity index (χ4v) is 2.69. The van der Waals surface area contributed by atoms with Gasteiger partial charge in [0, 0.05) is 24.7 Å². The van der Waals surface area contributed by atoms with E-state index >= 15 is 0 Å². The molecule has 0 saturated heterocycles. The number of halogens is 3. The van der Waals surface area contributed by atoms with Gasteiger partial charge in [-0.05, 0) is 18.2 Å². The number of amides is 1. The lowest BCUT2D eigenvalue weighted by Gasteiger charge is -2.18. The molecule has 0 unspecified atom stereocenters. The van der Waals surface area contributed by atoms with Gasteiger partial charge in [-0.1, -0.05) is 41.4 Å². The number of hydrogen-bond acceptors (Lipinski definition) is 2. The molecule has 0 aromatic heterocycles. The van der Waals surface area contributed by atoms with Crippen molar-refractivity contribution in [3.63, 3.8) is 0 Å². The van der Waals surface area contributed by atoms with Crippen molar-refractivity contribution < 1.29 is 13.9 Å². The van der Waals surface area contributed by atoms with Crippen molar-refractivity contribution in [2.45, 2.75) is 6.54 Å². The van der Waals surface area contributed by atoms with Crippen LogP contribution in [0.25, 0.3) is 0 Å². The minimum absolute atomic E-state index is 0.146. The summed E-state index contributed by atoms with van der Waals surface area (Å²) in [6, 6.07) is 9.27. The molecule has 2 rings (SSSR count). The molecule has 2 aromatic rings. The molecule has 6 heteroatoms. The maximum Gasteiger partial charge on any atom is 0.254 e. The normalized spacial score (nSPS) is 10.4. The summed E-state index contributed by atoms with van der Waals surface area (Å²) in [7, 11) is 3.03. The van der Waals surface area contributed by atoms with E-state index in [0.29, 0.717) is 16.9 Å². The maximum absolute atomic E-state index is 13.6. The van der Waals surface area contributed by atoms with E-state index in [1.807, 2.05) is 0 Å². The van der Waals surface area contributed by atoms with Gasteiger partial charge in [-0.3, -0.25) is 4.79 Å². The Balaban J connectivity index is 2.23. The van der Waals surface area contributed by atoms with Crippen molar-refractivity contribution in [3.8, 4) is 5.75 Å². The first-order valence-electron chi connectivity index (χ1n) is 6.46. The second-order valence-corrected chi connectivity index (χ2v) is 5.54. The average Bonchev–Trinajstić information content (AvgIpc) is 2.48. The van der Waals surface area contributed by atoms with E-state index in [-0.39, 0.29) is 28.3 Å². The zero-order chi connectivity index (χ0) is 16.3. The van der Waals surface area contributed by atoms with Crippen LogP contribution in [0.2, 0.25) is 10.0 Å². The SMILES string of the molecule is COc1c(Cl)cc(C(=O)N(C)Cc2ccccc2F)cc1Cl. The highest BCUT2D eigenvalue weighted by Crippen LogP contribution is 2.34. The van der Waals surface area contributed by atoms with Gasteiger partial charge in [0.1, 0.15) is 5.82 Å². The predicted molar refractivity (Wildman–Crippen MR) is 85.2 cm³/mol. The molecule has 0 bridgehead atoms. The zero-order valence-corrected chi connectivity index (χ0v) is 13.6. The van der Waals surface area contributed by atoms with E-state index in [2.05, 4.69) is 0 Å². The first-order chi connectivity index (χ1) is 10.4. The molecule has 0 saturated carbocycles. The van der Waals surface area contributed by atoms with Crippen LogP contribution in [0.5, 0.6) is 5.75 Å². The van der Waals surface area contributed by atoms with Gasteiger partial charge in [0.05, 0.1) is 17.2 Å². The quantitative estimate of drug-likeness (QED) is 0.824. The molecule has 0 radical (unpaired) electrons. The molecule has 116 valence electrons. The van der Waals surface area contributed by atoms with Gasteiger partial charge in [-0.15, -0.1) is 0 Å². The van der Waals surface area contributed by atoms with Crippen LogP contribution in [0.3, 0.4) is 0 Å². The fourth-order valence-electron chi connectivity index (χ4n) is 2.05. The van der Waals surface area contributed by atoms with Crippen molar-refractivity contribution in [1.29, 1.82) is 0 Å². The number of benzene rings is 2. The first-order valence-corrected chi connectivity index (χ1v) is 7.21. The Kier molecular flexibility index (Phi) is 5.27. The molecule has 0 atom stereocenters. The van der Waals surface area contributed by atoms with Gasteiger partial charge in [0.2, 0.25) is 0 Å². The standard InChI is InChI=1S/C16H14Cl2FNO2/c1-20(9-10-5-3-4-6-14(10)19)16(21)11-7-12(17)15(22-2)13(18)8-11/h3-8H,9H2,1-2H3. The first kappa shape index (κ1) is 16.6. The summed E-state index contributed by atoms with van der Waals surface area (Å²) < 4.78 is 18.7. The van der Waals surface area contributed by atoms with Crippen LogP contribution in [0.4, 0.5) is 4.39 Å². The Hall–Kier alpha value is -1.78. The Morgan fingerprint density at radius 3 is 2.36 bits per heavy atom. The topological polar surface area (TPSA) is 29.5 Å². The molecule has 0 fully saturated rings. The third kappa shape index (κ3) is 3.51. The highest BCUT2D eigenvalue weighted by molar-refractivity contribution is 6.37. The number of ether oxygens (including phenoxy) is 1. The summed E-state index contributed by atoms with van der Waals surface area (Å²) in [6.07, 6.45) is 0. The van der Waals surface area contributed by atoms with Crippen LogP contribution in [-0.4, -0.2) is 25.0 Å². The zero-order valence-electron chi connectivity index (χ0n) is 12.1. The second kappa shape index (κ2) is 6.99. The molecule has 0 heterocycles. The highest BCUT2D eigenvalue weighted by atomic mass is 35.5. The Morgan fingerprint density at radius 1 is 1.23 bits per heavy atom. The summed E-state index contributed by atoms with van der Waals surface area (Å²) in [5, 5.41) is 0.496. The van der Waals surface area contributed by atoms with Gasteiger partial charge < -0.3 is 9.64 Å². The Morgan fingerprint density at radius 2 is 1.82 bits per heavy atom. The van der Waals surface area contributed by atoms with Crippen molar-refractivity contribution in [2.75, 3.05) is 14.2 Å². The predicted octanol–water partition coefficient (Wildman–Crippen LogP) is 4.41. The molecule has 3 nitrogen and oxygen atoms in total. The van der Waals surface area contributed by atoms with Gasteiger partial charge in [0.15, 0.2) is 5.75 Å². The number of carbonyl (C=O) groups is 1. The monoisotopic (exact) mass is 341 g/mol. The lowest BCUT2D eigenvalue weighted by atomic mass is 10.1. The van der Waals surface area contributed by atoms with Gasteiger partial charge in [0.25, 0.3) is 5.91 Å². The third-order valence-corrected chi connectivity index (χ3v) is 3.72. The fraction of sp³-hybridized carbons (Fsp3) is 0.188. The number of rotatable bonds is 4. The van der Waals surface area contributed by atoms with E-state index in [9.17, 15) is 9.18 Å². The van der Waals surface area contributed by atoms with Crippen LogP contribution in [0.15, 0.2) is 36.4 Å². The smallest absolute Gasteiger partial charge is 0.254 e. The van der Waals surface area contributed by atoms with Crippen molar-refractivity contribution >= 4 is 29.1 Å². The summed E-state index contributed by atoms with van der Waals surface area (Å²) in [5.74, 6) is -0.348. The largest absolute Gasteiger partial charge is 0.494 e. The average molecular weight is 342 g/mol. The molecular formula is C16H14Cl2FNO2. The molecule has 2 aromatic carbocycles. The van der Waals surface area contributed by atoms with Crippen molar-refractivity contribution in [2.24, 2.45) is 0 Å². The van der Waals surface area contributed by atoms with Crippen LogP contribution in [0.1, 0.15) is 15.9 Å².